The van der Waals surface area contributed by atoms with Crippen molar-refractivity contribution in [3.05, 3.63) is 12.2 Å². The molecule has 7 nitrogen and oxygen atoms in total. The number of nitrogens with one attached hydrogen (secondary N) is 2. The van der Waals surface area contributed by atoms with Crippen molar-refractivity contribution >= 4 is 10.0 Å². The first-order chi connectivity index (χ1) is 7.60. The predicted molar refractivity (Wildman–Crippen MR) is 60.1 cm³/mol. The van der Waals surface area contributed by atoms with Crippen LogP contribution in [0.2, 0.25) is 0 Å². The SMILES string of the molecule is CCC(CN)S(=O)(=O)NCCc1ncn[nH]1. The van der Waals surface area contributed by atoms with E-state index in [-0.39, 0.29) is 6.54 Å². The third-order valence-corrected chi connectivity index (χ3v) is 4.30. The van der Waals surface area contributed by atoms with Crippen molar-refractivity contribution in [2.75, 3.05) is 13.1 Å². The van der Waals surface area contributed by atoms with Crippen LogP contribution >= 0.6 is 0 Å². The summed E-state index contributed by atoms with van der Waals surface area (Å²) >= 11 is 0. The van der Waals surface area contributed by atoms with Crippen molar-refractivity contribution in [3.63, 3.8) is 0 Å². The summed E-state index contributed by atoms with van der Waals surface area (Å²) in [6, 6.07) is 0. The highest BCUT2D eigenvalue weighted by Gasteiger charge is 2.21. The highest BCUT2D eigenvalue weighted by atomic mass is 32.2. The van der Waals surface area contributed by atoms with Crippen molar-refractivity contribution in [2.24, 2.45) is 5.73 Å². The smallest absolute Gasteiger partial charge is 0.215 e. The van der Waals surface area contributed by atoms with Gasteiger partial charge in [-0.2, -0.15) is 5.10 Å². The van der Waals surface area contributed by atoms with E-state index >= 15 is 0 Å². The minimum Gasteiger partial charge on any atom is -0.329 e. The number of nitrogens with zero attached hydrogens (tertiary/aromatic N) is 2. The summed E-state index contributed by atoms with van der Waals surface area (Å²) in [5.74, 6) is 0.656. The molecule has 92 valence electrons. The van der Waals surface area contributed by atoms with Gasteiger partial charge in [0.25, 0.3) is 0 Å². The van der Waals surface area contributed by atoms with E-state index < -0.39 is 15.3 Å². The molecule has 0 amide bonds. The molecule has 1 heterocycles. The Morgan fingerprint density at radius 3 is 2.88 bits per heavy atom. The molecule has 8 heteroatoms. The van der Waals surface area contributed by atoms with Gasteiger partial charge in [0, 0.05) is 19.5 Å². The Labute approximate surface area is 94.9 Å². The van der Waals surface area contributed by atoms with E-state index in [4.69, 9.17) is 5.73 Å². The number of aromatic nitrogens is 3. The van der Waals surface area contributed by atoms with Crippen LogP contribution in [-0.4, -0.2) is 41.9 Å². The number of rotatable bonds is 7. The zero-order chi connectivity index (χ0) is 12.0. The molecule has 1 unspecified atom stereocenters. The van der Waals surface area contributed by atoms with Gasteiger partial charge in [-0.15, -0.1) is 0 Å². The average Bonchev–Trinajstić information content (AvgIpc) is 2.71. The maximum atomic E-state index is 11.7. The molecule has 0 bridgehead atoms. The Bertz CT molecular complexity index is 385. The molecule has 0 radical (unpaired) electrons. The lowest BCUT2D eigenvalue weighted by Gasteiger charge is -2.13. The molecule has 16 heavy (non-hydrogen) atoms. The second-order valence-corrected chi connectivity index (χ2v) is 5.43. The lowest BCUT2D eigenvalue weighted by atomic mass is 10.3. The van der Waals surface area contributed by atoms with Crippen LogP contribution in [0.15, 0.2) is 6.33 Å². The molecule has 0 saturated carbocycles. The van der Waals surface area contributed by atoms with E-state index in [2.05, 4.69) is 19.9 Å². The van der Waals surface area contributed by atoms with Crippen molar-refractivity contribution in [1.82, 2.24) is 19.9 Å². The van der Waals surface area contributed by atoms with Gasteiger partial charge >= 0.3 is 0 Å². The first kappa shape index (κ1) is 13.1. The number of nitrogens with two attached hydrogens (primary N) is 1. The van der Waals surface area contributed by atoms with Crippen LogP contribution in [0.25, 0.3) is 0 Å². The van der Waals surface area contributed by atoms with Crippen LogP contribution in [0, 0.1) is 0 Å². The van der Waals surface area contributed by atoms with Crippen LogP contribution in [0.3, 0.4) is 0 Å². The Kier molecular flexibility index (Phi) is 4.84. The van der Waals surface area contributed by atoms with E-state index in [0.717, 1.165) is 0 Å². The zero-order valence-electron chi connectivity index (χ0n) is 9.18. The molecule has 0 fully saturated rings. The molecule has 0 aliphatic rings. The van der Waals surface area contributed by atoms with Gasteiger partial charge in [0.1, 0.15) is 12.2 Å². The molecule has 0 spiro atoms. The third-order valence-electron chi connectivity index (χ3n) is 2.29. The maximum absolute atomic E-state index is 11.7. The van der Waals surface area contributed by atoms with E-state index in [1.54, 1.807) is 6.92 Å². The van der Waals surface area contributed by atoms with Crippen LogP contribution in [-0.2, 0) is 16.4 Å². The topological polar surface area (TPSA) is 114 Å². The van der Waals surface area contributed by atoms with Crippen molar-refractivity contribution in [2.45, 2.75) is 25.0 Å². The molecule has 1 atom stereocenters. The van der Waals surface area contributed by atoms with E-state index in [0.29, 0.717) is 25.2 Å². The quantitative estimate of drug-likeness (QED) is 0.572. The van der Waals surface area contributed by atoms with Gasteiger partial charge in [-0.25, -0.2) is 18.1 Å². The summed E-state index contributed by atoms with van der Waals surface area (Å²) < 4.78 is 25.9. The Morgan fingerprint density at radius 2 is 2.38 bits per heavy atom. The molecular weight excluding hydrogens is 230 g/mol. The maximum Gasteiger partial charge on any atom is 0.215 e. The summed E-state index contributed by atoms with van der Waals surface area (Å²) in [6.07, 6.45) is 2.38. The molecular formula is C8H17N5O2S. The molecule has 0 aromatic carbocycles. The van der Waals surface area contributed by atoms with E-state index in [1.165, 1.54) is 6.33 Å². The van der Waals surface area contributed by atoms with Gasteiger partial charge in [-0.3, -0.25) is 5.10 Å². The van der Waals surface area contributed by atoms with Crippen LogP contribution in [0.4, 0.5) is 0 Å². The first-order valence-corrected chi connectivity index (χ1v) is 6.67. The lowest BCUT2D eigenvalue weighted by Crippen LogP contribution is -2.39. The van der Waals surface area contributed by atoms with Gasteiger partial charge < -0.3 is 5.73 Å². The normalized spacial score (nSPS) is 13.9. The fraction of sp³-hybridized carbons (Fsp3) is 0.750. The van der Waals surface area contributed by atoms with Gasteiger partial charge in [0.15, 0.2) is 0 Å². The minimum atomic E-state index is -3.31. The lowest BCUT2D eigenvalue weighted by molar-refractivity contribution is 0.560. The number of H-pyrrole nitrogens is 1. The number of aromatic amines is 1. The van der Waals surface area contributed by atoms with Crippen LogP contribution in [0.5, 0.6) is 0 Å². The summed E-state index contributed by atoms with van der Waals surface area (Å²) in [5, 5.41) is 5.81. The van der Waals surface area contributed by atoms with Crippen molar-refractivity contribution in [1.29, 1.82) is 0 Å². The van der Waals surface area contributed by atoms with E-state index in [1.807, 2.05) is 0 Å². The summed E-state index contributed by atoms with van der Waals surface area (Å²) in [7, 11) is -3.31. The standard InChI is InChI=1S/C8H17N5O2S/c1-2-7(5-9)16(14,15)12-4-3-8-10-6-11-13-8/h6-7,12H,2-5,9H2,1H3,(H,10,11,13). The molecule has 1 rings (SSSR count). The van der Waals surface area contributed by atoms with Crippen molar-refractivity contribution < 1.29 is 8.42 Å². The first-order valence-electron chi connectivity index (χ1n) is 5.13. The van der Waals surface area contributed by atoms with Crippen molar-refractivity contribution in [3.8, 4) is 0 Å². The highest BCUT2D eigenvalue weighted by molar-refractivity contribution is 7.90. The molecule has 1 aromatic heterocycles. The Morgan fingerprint density at radius 1 is 1.62 bits per heavy atom. The molecule has 0 saturated heterocycles. The molecule has 4 N–H and O–H groups in total. The van der Waals surface area contributed by atoms with Gasteiger partial charge in [0.2, 0.25) is 10.0 Å². The summed E-state index contributed by atoms with van der Waals surface area (Å²) in [6.45, 7) is 2.23. The van der Waals surface area contributed by atoms with Crippen LogP contribution in [0.1, 0.15) is 19.2 Å². The second kappa shape index (κ2) is 5.92. The second-order valence-electron chi connectivity index (χ2n) is 3.39. The monoisotopic (exact) mass is 247 g/mol. The van der Waals surface area contributed by atoms with Gasteiger partial charge in [-0.05, 0) is 6.42 Å². The Hall–Kier alpha value is -0.990. The molecule has 0 aliphatic heterocycles. The number of hydrogen-bond acceptors (Lipinski definition) is 5. The fourth-order valence-electron chi connectivity index (χ4n) is 1.29. The van der Waals surface area contributed by atoms with Crippen LogP contribution < -0.4 is 10.5 Å². The largest absolute Gasteiger partial charge is 0.329 e. The predicted octanol–water partition coefficient (Wildman–Crippen LogP) is -0.996. The van der Waals surface area contributed by atoms with E-state index in [9.17, 15) is 8.42 Å². The fourth-order valence-corrected chi connectivity index (χ4v) is 2.61. The number of hydrogen-bond donors (Lipinski definition) is 3. The Balaban J connectivity index is 2.42. The highest BCUT2D eigenvalue weighted by Crippen LogP contribution is 2.01. The third kappa shape index (κ3) is 3.54. The minimum absolute atomic E-state index is 0.133. The number of sulfonamides is 1. The average molecular weight is 247 g/mol. The zero-order valence-corrected chi connectivity index (χ0v) is 10.00. The molecule has 0 aliphatic carbocycles. The summed E-state index contributed by atoms with van der Waals surface area (Å²) in [4.78, 5) is 3.89. The molecule has 1 aromatic rings. The van der Waals surface area contributed by atoms with Gasteiger partial charge in [-0.1, -0.05) is 6.92 Å². The van der Waals surface area contributed by atoms with Gasteiger partial charge in [0.05, 0.1) is 5.25 Å². The summed E-state index contributed by atoms with van der Waals surface area (Å²) in [5.41, 5.74) is 5.39.